The van der Waals surface area contributed by atoms with E-state index in [1.807, 2.05) is 48.0 Å². The zero-order valence-electron chi connectivity index (χ0n) is 11.7. The molecule has 3 nitrogen and oxygen atoms in total. The van der Waals surface area contributed by atoms with Crippen LogP contribution in [0.4, 0.5) is 5.69 Å². The van der Waals surface area contributed by atoms with E-state index >= 15 is 0 Å². The molecule has 0 spiro atoms. The summed E-state index contributed by atoms with van der Waals surface area (Å²) in [6.45, 7) is 2.14. The second-order valence-corrected chi connectivity index (χ2v) is 5.72. The number of hydrogen-bond donors (Lipinski definition) is 1. The molecule has 0 saturated heterocycles. The van der Waals surface area contributed by atoms with Crippen LogP contribution < -0.4 is 5.32 Å². The molecule has 1 aromatic heterocycles. The summed E-state index contributed by atoms with van der Waals surface area (Å²) in [5.41, 5.74) is 1.75. The lowest BCUT2D eigenvalue weighted by Gasteiger charge is -2.18. The van der Waals surface area contributed by atoms with Gasteiger partial charge in [0.1, 0.15) is 5.01 Å². The highest BCUT2D eigenvalue weighted by atomic mass is 32.1. The predicted molar refractivity (Wildman–Crippen MR) is 87.4 cm³/mol. The van der Waals surface area contributed by atoms with E-state index in [1.165, 1.54) is 0 Å². The molecule has 0 aliphatic rings. The summed E-state index contributed by atoms with van der Waals surface area (Å²) in [6.07, 6.45) is 2.79. The summed E-state index contributed by atoms with van der Waals surface area (Å²) in [4.78, 5) is 4.40. The van der Waals surface area contributed by atoms with Crippen molar-refractivity contribution in [2.24, 2.45) is 0 Å². The van der Waals surface area contributed by atoms with Gasteiger partial charge in [-0.15, -0.1) is 11.3 Å². The maximum atomic E-state index is 9.23. The lowest BCUT2D eigenvalue weighted by Crippen LogP contribution is -2.09. The molecule has 104 valence electrons. The summed E-state index contributed by atoms with van der Waals surface area (Å²) in [5, 5.41) is 17.9. The topological polar surface area (TPSA) is 48.7 Å². The maximum absolute atomic E-state index is 9.23. The van der Waals surface area contributed by atoms with Gasteiger partial charge in [0, 0.05) is 28.0 Å². The third-order valence-corrected chi connectivity index (χ3v) is 4.42. The molecule has 3 aromatic rings. The van der Waals surface area contributed by atoms with Crippen LogP contribution in [0.5, 0.6) is 0 Å². The van der Waals surface area contributed by atoms with Crippen molar-refractivity contribution >= 4 is 27.8 Å². The van der Waals surface area contributed by atoms with Gasteiger partial charge in [-0.05, 0) is 18.6 Å². The van der Waals surface area contributed by atoms with Gasteiger partial charge >= 0.3 is 0 Å². The minimum Gasteiger partial charge on any atom is -0.375 e. The molecule has 0 aliphatic heterocycles. The number of thiazole rings is 1. The molecule has 1 N–H and O–H groups in total. The second kappa shape index (κ2) is 5.94. The van der Waals surface area contributed by atoms with E-state index in [4.69, 9.17) is 0 Å². The molecule has 21 heavy (non-hydrogen) atoms. The third-order valence-electron chi connectivity index (χ3n) is 3.53. The Labute approximate surface area is 127 Å². The molecule has 0 aliphatic carbocycles. The smallest absolute Gasteiger partial charge is 0.115 e. The van der Waals surface area contributed by atoms with Crippen LogP contribution >= 0.6 is 11.3 Å². The zero-order valence-corrected chi connectivity index (χ0v) is 12.5. The fourth-order valence-electron chi connectivity index (χ4n) is 2.46. The van der Waals surface area contributed by atoms with E-state index in [1.54, 1.807) is 11.3 Å². The van der Waals surface area contributed by atoms with Gasteiger partial charge in [0.05, 0.1) is 17.7 Å². The standard InChI is InChI=1S/C17H15N3S/c1-2-15(17-19-9-10-21-17)20-16-8-7-12(11-18)13-5-3-4-6-14(13)16/h3-10,15,20H,2H2,1H3. The van der Waals surface area contributed by atoms with Crippen LogP contribution in [0.1, 0.15) is 30.0 Å². The Morgan fingerprint density at radius 3 is 2.71 bits per heavy atom. The highest BCUT2D eigenvalue weighted by molar-refractivity contribution is 7.09. The number of nitrogens with one attached hydrogen (secondary N) is 1. The van der Waals surface area contributed by atoms with Crippen molar-refractivity contribution in [3.05, 3.63) is 58.5 Å². The molecule has 0 bridgehead atoms. The van der Waals surface area contributed by atoms with Crippen LogP contribution in [0.3, 0.4) is 0 Å². The van der Waals surface area contributed by atoms with Crippen molar-refractivity contribution in [3.63, 3.8) is 0 Å². The molecule has 1 atom stereocenters. The Balaban J connectivity index is 2.03. The van der Waals surface area contributed by atoms with E-state index in [2.05, 4.69) is 23.3 Å². The van der Waals surface area contributed by atoms with Gasteiger partial charge in [-0.3, -0.25) is 0 Å². The van der Waals surface area contributed by atoms with E-state index < -0.39 is 0 Å². The Hall–Kier alpha value is -2.38. The van der Waals surface area contributed by atoms with E-state index in [0.29, 0.717) is 5.56 Å². The number of fused-ring (bicyclic) bond motifs is 1. The lowest BCUT2D eigenvalue weighted by molar-refractivity contribution is 0.743. The Morgan fingerprint density at radius 2 is 2.05 bits per heavy atom. The number of nitrogens with zero attached hydrogens (tertiary/aromatic N) is 2. The number of anilines is 1. The largest absolute Gasteiger partial charge is 0.375 e. The molecule has 1 heterocycles. The minimum absolute atomic E-state index is 0.196. The third kappa shape index (κ3) is 2.61. The summed E-state index contributed by atoms with van der Waals surface area (Å²) >= 11 is 1.66. The monoisotopic (exact) mass is 293 g/mol. The molecule has 0 saturated carbocycles. The van der Waals surface area contributed by atoms with Crippen LogP contribution in [0.25, 0.3) is 10.8 Å². The average Bonchev–Trinajstić information content (AvgIpc) is 3.06. The van der Waals surface area contributed by atoms with Crippen LogP contribution in [0.15, 0.2) is 48.0 Å². The van der Waals surface area contributed by atoms with Gasteiger partial charge in [-0.1, -0.05) is 31.2 Å². The molecular formula is C17H15N3S. The first-order valence-electron chi connectivity index (χ1n) is 6.91. The van der Waals surface area contributed by atoms with Crippen molar-refractivity contribution in [2.75, 3.05) is 5.32 Å². The Kier molecular flexibility index (Phi) is 3.85. The van der Waals surface area contributed by atoms with Gasteiger partial charge in [-0.2, -0.15) is 5.26 Å². The van der Waals surface area contributed by atoms with E-state index in [9.17, 15) is 5.26 Å². The van der Waals surface area contributed by atoms with Gasteiger partial charge in [0.15, 0.2) is 0 Å². The number of nitriles is 1. The van der Waals surface area contributed by atoms with Crippen molar-refractivity contribution in [2.45, 2.75) is 19.4 Å². The maximum Gasteiger partial charge on any atom is 0.115 e. The Morgan fingerprint density at radius 1 is 1.24 bits per heavy atom. The summed E-state index contributed by atoms with van der Waals surface area (Å²) in [6, 6.07) is 14.3. The van der Waals surface area contributed by atoms with Crippen LogP contribution in [-0.2, 0) is 0 Å². The predicted octanol–water partition coefficient (Wildman–Crippen LogP) is 4.73. The van der Waals surface area contributed by atoms with E-state index in [-0.39, 0.29) is 6.04 Å². The van der Waals surface area contributed by atoms with Gasteiger partial charge < -0.3 is 5.32 Å². The molecular weight excluding hydrogens is 278 g/mol. The molecule has 0 amide bonds. The van der Waals surface area contributed by atoms with Crippen molar-refractivity contribution in [1.29, 1.82) is 5.26 Å². The fraction of sp³-hybridized carbons (Fsp3) is 0.176. The fourth-order valence-corrected chi connectivity index (χ4v) is 3.23. The molecule has 3 rings (SSSR count). The van der Waals surface area contributed by atoms with Crippen molar-refractivity contribution in [3.8, 4) is 6.07 Å². The van der Waals surface area contributed by atoms with Gasteiger partial charge in [-0.25, -0.2) is 4.98 Å². The summed E-state index contributed by atoms with van der Waals surface area (Å²) in [7, 11) is 0. The first-order chi connectivity index (χ1) is 10.3. The number of hydrogen-bond acceptors (Lipinski definition) is 4. The Bertz CT molecular complexity index is 787. The van der Waals surface area contributed by atoms with Crippen LogP contribution in [-0.4, -0.2) is 4.98 Å². The first kappa shape index (κ1) is 13.6. The highest BCUT2D eigenvalue weighted by Gasteiger charge is 2.13. The number of rotatable bonds is 4. The van der Waals surface area contributed by atoms with Crippen molar-refractivity contribution in [1.82, 2.24) is 4.98 Å². The molecule has 2 aromatic carbocycles. The zero-order chi connectivity index (χ0) is 14.7. The van der Waals surface area contributed by atoms with Crippen LogP contribution in [0, 0.1) is 11.3 Å². The second-order valence-electron chi connectivity index (χ2n) is 4.79. The van der Waals surface area contributed by atoms with Gasteiger partial charge in [0.25, 0.3) is 0 Å². The quantitative estimate of drug-likeness (QED) is 0.756. The summed E-state index contributed by atoms with van der Waals surface area (Å²) < 4.78 is 0. The SMILES string of the molecule is CCC(Nc1ccc(C#N)c2ccccc12)c1nccs1. The molecule has 4 heteroatoms. The lowest BCUT2D eigenvalue weighted by atomic mass is 10.0. The normalized spacial score (nSPS) is 12.0. The molecule has 0 fully saturated rings. The highest BCUT2D eigenvalue weighted by Crippen LogP contribution is 2.31. The first-order valence-corrected chi connectivity index (χ1v) is 7.79. The molecule has 1 unspecified atom stereocenters. The van der Waals surface area contributed by atoms with Crippen molar-refractivity contribution < 1.29 is 0 Å². The van der Waals surface area contributed by atoms with Crippen LogP contribution in [0.2, 0.25) is 0 Å². The number of aromatic nitrogens is 1. The summed E-state index contributed by atoms with van der Waals surface area (Å²) in [5.74, 6) is 0. The number of benzene rings is 2. The average molecular weight is 293 g/mol. The molecule has 0 radical (unpaired) electrons. The van der Waals surface area contributed by atoms with Gasteiger partial charge in [0.2, 0.25) is 0 Å². The van der Waals surface area contributed by atoms with E-state index in [0.717, 1.165) is 27.9 Å². The minimum atomic E-state index is 0.196.